The third-order valence-corrected chi connectivity index (χ3v) is 6.54. The van der Waals surface area contributed by atoms with Crippen molar-refractivity contribution in [1.82, 2.24) is 4.57 Å². The fraction of sp³-hybridized carbons (Fsp3) is 0. The van der Waals surface area contributed by atoms with Crippen molar-refractivity contribution >= 4 is 49.4 Å². The molecule has 0 unspecified atom stereocenters. The van der Waals surface area contributed by atoms with E-state index >= 15 is 0 Å². The normalized spacial score (nSPS) is 11.8. The summed E-state index contributed by atoms with van der Waals surface area (Å²) in [5.41, 5.74) is 14.3. The molecule has 0 aliphatic carbocycles. The van der Waals surface area contributed by atoms with Gasteiger partial charge in [0, 0.05) is 38.4 Å². The lowest BCUT2D eigenvalue weighted by molar-refractivity contribution is 0.670. The highest BCUT2D eigenvalue weighted by Crippen LogP contribution is 2.41. The molecule has 2 heterocycles. The minimum absolute atomic E-state index is 0.729. The maximum atomic E-state index is 6.38. The van der Waals surface area contributed by atoms with Gasteiger partial charge in [-0.05, 0) is 30.3 Å². The first kappa shape index (κ1) is 18.1. The first-order valence-electron chi connectivity index (χ1n) is 11.1. The SMILES string of the molecule is Nc1ccc(-c2cccc3c2oc2ccccc23)c(-n2c3ccccc3c3ccccc32)c1. The van der Waals surface area contributed by atoms with Crippen LogP contribution in [0.5, 0.6) is 0 Å². The molecular formula is C30H20N2O. The predicted octanol–water partition coefficient (Wildman–Crippen LogP) is 7.93. The van der Waals surface area contributed by atoms with Gasteiger partial charge in [-0.25, -0.2) is 0 Å². The molecule has 2 N–H and O–H groups in total. The number of hydrogen-bond donors (Lipinski definition) is 1. The molecule has 0 spiro atoms. The van der Waals surface area contributed by atoms with Gasteiger partial charge in [-0.15, -0.1) is 0 Å². The number of fused-ring (bicyclic) bond motifs is 6. The molecule has 5 aromatic carbocycles. The lowest BCUT2D eigenvalue weighted by Gasteiger charge is -2.15. The van der Waals surface area contributed by atoms with E-state index in [1.807, 2.05) is 18.2 Å². The Morgan fingerprint density at radius 1 is 0.545 bits per heavy atom. The van der Waals surface area contributed by atoms with Crippen LogP contribution in [0.3, 0.4) is 0 Å². The van der Waals surface area contributed by atoms with Crippen LogP contribution in [0, 0.1) is 0 Å². The van der Waals surface area contributed by atoms with E-state index in [9.17, 15) is 0 Å². The summed E-state index contributed by atoms with van der Waals surface area (Å²) >= 11 is 0. The molecule has 0 saturated carbocycles. The molecule has 2 aromatic heterocycles. The highest BCUT2D eigenvalue weighted by molar-refractivity contribution is 6.12. The Balaban J connectivity index is 1.62. The van der Waals surface area contributed by atoms with Crippen molar-refractivity contribution in [3.05, 3.63) is 109 Å². The summed E-state index contributed by atoms with van der Waals surface area (Å²) in [6.45, 7) is 0. The Hall–Kier alpha value is -4.50. The number of furan rings is 1. The number of benzene rings is 5. The van der Waals surface area contributed by atoms with Gasteiger partial charge in [-0.2, -0.15) is 0 Å². The van der Waals surface area contributed by atoms with E-state index in [0.717, 1.165) is 55.5 Å². The second-order valence-electron chi connectivity index (χ2n) is 8.43. The Kier molecular flexibility index (Phi) is 3.70. The standard InChI is InChI=1S/C30H20N2O/c31-19-16-17-22(24-11-7-12-25-23-10-3-6-15-29(23)33-30(24)25)28(18-19)32-26-13-4-1-8-20(26)21-9-2-5-14-27(21)32/h1-18H,31H2. The Morgan fingerprint density at radius 2 is 1.18 bits per heavy atom. The highest BCUT2D eigenvalue weighted by Gasteiger charge is 2.18. The van der Waals surface area contributed by atoms with Crippen molar-refractivity contribution in [2.45, 2.75) is 0 Å². The third-order valence-electron chi connectivity index (χ3n) is 6.54. The molecule has 156 valence electrons. The number of nitrogens with two attached hydrogens (primary N) is 1. The number of nitrogens with zero attached hydrogens (tertiary/aromatic N) is 1. The van der Waals surface area contributed by atoms with Crippen LogP contribution in [0.25, 0.3) is 60.6 Å². The molecule has 0 aliphatic rings. The van der Waals surface area contributed by atoms with E-state index in [1.54, 1.807) is 0 Å². The van der Waals surface area contributed by atoms with Crippen LogP contribution in [0.4, 0.5) is 5.69 Å². The zero-order valence-electron chi connectivity index (χ0n) is 17.8. The maximum Gasteiger partial charge on any atom is 0.143 e. The van der Waals surface area contributed by atoms with Crippen LogP contribution in [-0.2, 0) is 0 Å². The van der Waals surface area contributed by atoms with Crippen LogP contribution >= 0.6 is 0 Å². The monoisotopic (exact) mass is 424 g/mol. The van der Waals surface area contributed by atoms with E-state index in [1.165, 1.54) is 10.8 Å². The van der Waals surface area contributed by atoms with Crippen molar-refractivity contribution in [2.24, 2.45) is 0 Å². The number of rotatable bonds is 2. The number of hydrogen-bond acceptors (Lipinski definition) is 2. The van der Waals surface area contributed by atoms with Gasteiger partial charge >= 0.3 is 0 Å². The van der Waals surface area contributed by atoms with Crippen molar-refractivity contribution < 1.29 is 4.42 Å². The van der Waals surface area contributed by atoms with Crippen molar-refractivity contribution in [2.75, 3.05) is 5.73 Å². The van der Waals surface area contributed by atoms with Gasteiger partial charge < -0.3 is 14.7 Å². The highest BCUT2D eigenvalue weighted by atomic mass is 16.3. The summed E-state index contributed by atoms with van der Waals surface area (Å²) in [6.07, 6.45) is 0. The van der Waals surface area contributed by atoms with Crippen LogP contribution in [0.1, 0.15) is 0 Å². The van der Waals surface area contributed by atoms with Crippen molar-refractivity contribution in [3.8, 4) is 16.8 Å². The topological polar surface area (TPSA) is 44.1 Å². The number of nitrogen functional groups attached to an aromatic ring is 1. The molecule has 0 amide bonds. The first-order valence-corrected chi connectivity index (χ1v) is 11.1. The number of para-hydroxylation sites is 4. The summed E-state index contributed by atoms with van der Waals surface area (Å²) in [4.78, 5) is 0. The molecule has 3 heteroatoms. The molecule has 7 rings (SSSR count). The summed E-state index contributed by atoms with van der Waals surface area (Å²) in [6, 6.07) is 37.8. The fourth-order valence-corrected chi connectivity index (χ4v) is 5.10. The molecule has 33 heavy (non-hydrogen) atoms. The molecular weight excluding hydrogens is 404 g/mol. The average molecular weight is 425 g/mol. The predicted molar refractivity (Wildman–Crippen MR) is 138 cm³/mol. The van der Waals surface area contributed by atoms with Gasteiger partial charge in [0.25, 0.3) is 0 Å². The zero-order valence-corrected chi connectivity index (χ0v) is 17.8. The molecule has 3 nitrogen and oxygen atoms in total. The lowest BCUT2D eigenvalue weighted by atomic mass is 10.00. The number of aromatic nitrogens is 1. The van der Waals surface area contributed by atoms with Crippen LogP contribution in [-0.4, -0.2) is 4.57 Å². The lowest BCUT2D eigenvalue weighted by Crippen LogP contribution is -1.99. The largest absolute Gasteiger partial charge is 0.455 e. The quantitative estimate of drug-likeness (QED) is 0.286. The van der Waals surface area contributed by atoms with Gasteiger partial charge in [-0.3, -0.25) is 0 Å². The Bertz CT molecular complexity index is 1780. The van der Waals surface area contributed by atoms with Crippen LogP contribution in [0.15, 0.2) is 114 Å². The van der Waals surface area contributed by atoms with E-state index in [4.69, 9.17) is 10.2 Å². The second kappa shape index (κ2) is 6.75. The molecule has 0 bridgehead atoms. The van der Waals surface area contributed by atoms with E-state index in [-0.39, 0.29) is 0 Å². The summed E-state index contributed by atoms with van der Waals surface area (Å²) in [7, 11) is 0. The summed E-state index contributed by atoms with van der Waals surface area (Å²) in [5.74, 6) is 0. The maximum absolute atomic E-state index is 6.38. The van der Waals surface area contributed by atoms with Crippen molar-refractivity contribution in [1.29, 1.82) is 0 Å². The smallest absolute Gasteiger partial charge is 0.143 e. The fourth-order valence-electron chi connectivity index (χ4n) is 5.10. The van der Waals surface area contributed by atoms with E-state index in [0.29, 0.717) is 0 Å². The Labute approximate surface area is 190 Å². The minimum Gasteiger partial charge on any atom is -0.455 e. The average Bonchev–Trinajstić information content (AvgIpc) is 3.40. The Morgan fingerprint density at radius 3 is 1.94 bits per heavy atom. The number of anilines is 1. The zero-order chi connectivity index (χ0) is 21.9. The third kappa shape index (κ3) is 2.56. The van der Waals surface area contributed by atoms with E-state index < -0.39 is 0 Å². The summed E-state index contributed by atoms with van der Waals surface area (Å²) < 4.78 is 8.69. The molecule has 0 fully saturated rings. The van der Waals surface area contributed by atoms with E-state index in [2.05, 4.69) is 95.6 Å². The first-order chi connectivity index (χ1) is 16.3. The van der Waals surface area contributed by atoms with Gasteiger partial charge in [0.2, 0.25) is 0 Å². The molecule has 0 aliphatic heterocycles. The molecule has 0 saturated heterocycles. The minimum atomic E-state index is 0.729. The van der Waals surface area contributed by atoms with Crippen molar-refractivity contribution in [3.63, 3.8) is 0 Å². The molecule has 0 atom stereocenters. The van der Waals surface area contributed by atoms with Crippen LogP contribution in [0.2, 0.25) is 0 Å². The summed E-state index contributed by atoms with van der Waals surface area (Å²) in [5, 5.41) is 4.70. The van der Waals surface area contributed by atoms with Gasteiger partial charge in [0.05, 0.1) is 16.7 Å². The van der Waals surface area contributed by atoms with Crippen LogP contribution < -0.4 is 5.73 Å². The molecule has 7 aromatic rings. The van der Waals surface area contributed by atoms with Gasteiger partial charge in [-0.1, -0.05) is 78.9 Å². The van der Waals surface area contributed by atoms with Gasteiger partial charge in [0.1, 0.15) is 11.2 Å². The molecule has 0 radical (unpaired) electrons. The second-order valence-corrected chi connectivity index (χ2v) is 8.43. The van der Waals surface area contributed by atoms with Gasteiger partial charge in [0.15, 0.2) is 0 Å².